The van der Waals surface area contributed by atoms with Crippen molar-refractivity contribution in [2.24, 2.45) is 0 Å². The molecular formula is C13H13ClN2O3. The number of methoxy groups -OCH3 is 2. The van der Waals surface area contributed by atoms with Crippen molar-refractivity contribution in [3.63, 3.8) is 0 Å². The highest BCUT2D eigenvalue weighted by atomic mass is 35.5. The van der Waals surface area contributed by atoms with Gasteiger partial charge in [-0.1, -0.05) is 18.2 Å². The first kappa shape index (κ1) is 13.6. The highest BCUT2D eigenvalue weighted by Crippen LogP contribution is 2.33. The number of halogens is 1. The number of hydrogen-bond acceptors (Lipinski definition) is 5. The minimum absolute atomic E-state index is 0.0628. The van der Waals surface area contributed by atoms with Gasteiger partial charge in [-0.15, -0.1) is 0 Å². The van der Waals surface area contributed by atoms with Crippen LogP contribution in [0.4, 0.5) is 0 Å². The lowest BCUT2D eigenvalue weighted by Crippen LogP contribution is -2.06. The monoisotopic (exact) mass is 280 g/mol. The minimum Gasteiger partial charge on any atom is -0.496 e. The van der Waals surface area contributed by atoms with E-state index in [-0.39, 0.29) is 11.2 Å². The highest BCUT2D eigenvalue weighted by molar-refractivity contribution is 6.28. The molecule has 0 aliphatic carbocycles. The smallest absolute Gasteiger partial charge is 0.225 e. The van der Waals surface area contributed by atoms with Crippen molar-refractivity contribution in [1.29, 1.82) is 0 Å². The summed E-state index contributed by atoms with van der Waals surface area (Å²) in [5.41, 5.74) is 1.03. The van der Waals surface area contributed by atoms with Crippen molar-refractivity contribution in [3.05, 3.63) is 46.9 Å². The van der Waals surface area contributed by atoms with E-state index in [1.165, 1.54) is 13.3 Å². The molecule has 1 atom stereocenters. The zero-order chi connectivity index (χ0) is 13.8. The molecule has 0 bridgehead atoms. The lowest BCUT2D eigenvalue weighted by atomic mass is 10.0. The van der Waals surface area contributed by atoms with Crippen LogP contribution in [-0.4, -0.2) is 29.3 Å². The molecule has 1 aromatic heterocycles. The van der Waals surface area contributed by atoms with Crippen LogP contribution in [0.3, 0.4) is 0 Å². The Morgan fingerprint density at radius 2 is 1.89 bits per heavy atom. The summed E-state index contributed by atoms with van der Waals surface area (Å²) in [5.74, 6) is 0.811. The van der Waals surface area contributed by atoms with Gasteiger partial charge >= 0.3 is 0 Å². The van der Waals surface area contributed by atoms with E-state index in [1.807, 2.05) is 12.1 Å². The highest BCUT2D eigenvalue weighted by Gasteiger charge is 2.20. The van der Waals surface area contributed by atoms with Crippen LogP contribution < -0.4 is 9.47 Å². The van der Waals surface area contributed by atoms with E-state index in [9.17, 15) is 5.11 Å². The zero-order valence-electron chi connectivity index (χ0n) is 10.5. The molecule has 0 fully saturated rings. The zero-order valence-corrected chi connectivity index (χ0v) is 11.3. The maximum atomic E-state index is 10.4. The van der Waals surface area contributed by atoms with Crippen molar-refractivity contribution in [1.82, 2.24) is 9.97 Å². The third-order valence-electron chi connectivity index (χ3n) is 2.67. The second kappa shape index (κ2) is 5.86. The summed E-state index contributed by atoms with van der Waals surface area (Å²) in [6, 6.07) is 7.16. The lowest BCUT2D eigenvalue weighted by Gasteiger charge is -2.16. The van der Waals surface area contributed by atoms with E-state index in [0.29, 0.717) is 16.9 Å². The van der Waals surface area contributed by atoms with Gasteiger partial charge in [-0.3, -0.25) is 0 Å². The van der Waals surface area contributed by atoms with Gasteiger partial charge in [0.1, 0.15) is 11.9 Å². The van der Waals surface area contributed by atoms with Gasteiger partial charge in [-0.2, -0.15) is 4.98 Å². The number of aromatic nitrogens is 2. The summed E-state index contributed by atoms with van der Waals surface area (Å²) < 4.78 is 10.3. The Bertz CT molecular complexity index is 578. The second-order valence-electron chi connectivity index (χ2n) is 3.75. The molecule has 5 nitrogen and oxygen atoms in total. The van der Waals surface area contributed by atoms with Gasteiger partial charge in [0.25, 0.3) is 0 Å². The number of para-hydroxylation sites is 1. The van der Waals surface area contributed by atoms with Crippen molar-refractivity contribution in [2.45, 2.75) is 6.10 Å². The van der Waals surface area contributed by atoms with Crippen molar-refractivity contribution in [2.75, 3.05) is 14.2 Å². The van der Waals surface area contributed by atoms with Crippen LogP contribution in [0.1, 0.15) is 17.2 Å². The average molecular weight is 281 g/mol. The molecule has 6 heteroatoms. The third-order valence-corrected chi connectivity index (χ3v) is 2.85. The van der Waals surface area contributed by atoms with Gasteiger partial charge in [-0.05, 0) is 17.7 Å². The topological polar surface area (TPSA) is 64.5 Å². The van der Waals surface area contributed by atoms with E-state index in [1.54, 1.807) is 19.2 Å². The largest absolute Gasteiger partial charge is 0.496 e. The van der Waals surface area contributed by atoms with E-state index in [0.717, 1.165) is 0 Å². The summed E-state index contributed by atoms with van der Waals surface area (Å²) >= 11 is 5.70. The summed E-state index contributed by atoms with van der Waals surface area (Å²) in [6.45, 7) is 0. The Labute approximate surface area is 115 Å². The Morgan fingerprint density at radius 3 is 2.58 bits per heavy atom. The molecule has 0 aliphatic heterocycles. The quantitative estimate of drug-likeness (QED) is 0.870. The Kier molecular flexibility index (Phi) is 4.19. The number of hydrogen-bond donors (Lipinski definition) is 1. The van der Waals surface area contributed by atoms with Crippen molar-refractivity contribution < 1.29 is 14.6 Å². The van der Waals surface area contributed by atoms with Crippen LogP contribution in [0.25, 0.3) is 0 Å². The molecule has 1 unspecified atom stereocenters. The lowest BCUT2D eigenvalue weighted by molar-refractivity contribution is 0.207. The first-order valence-corrected chi connectivity index (χ1v) is 5.92. The molecule has 0 saturated heterocycles. The first-order chi connectivity index (χ1) is 9.17. The number of rotatable bonds is 4. The summed E-state index contributed by atoms with van der Waals surface area (Å²) in [5, 5.41) is 10.5. The van der Waals surface area contributed by atoms with Gasteiger partial charge in [-0.25, -0.2) is 4.98 Å². The summed E-state index contributed by atoms with van der Waals surface area (Å²) in [7, 11) is 3.00. The summed E-state index contributed by atoms with van der Waals surface area (Å²) in [4.78, 5) is 7.79. The Hall–Kier alpha value is -1.85. The average Bonchev–Trinajstić information content (AvgIpc) is 2.46. The molecule has 0 aliphatic rings. The van der Waals surface area contributed by atoms with E-state index >= 15 is 0 Å². The summed E-state index contributed by atoms with van der Waals surface area (Å²) in [6.07, 6.45) is 0.481. The minimum atomic E-state index is -0.955. The Balaban J connectivity index is 2.46. The molecular weight excluding hydrogens is 268 g/mol. The maximum absolute atomic E-state index is 10.4. The molecule has 0 spiro atoms. The Morgan fingerprint density at radius 1 is 1.16 bits per heavy atom. The SMILES string of the molecule is COc1ccccc1C(O)c1cnc(Cl)nc1OC. The predicted octanol–water partition coefficient (Wildman–Crippen LogP) is 2.23. The second-order valence-corrected chi connectivity index (χ2v) is 4.09. The molecule has 1 N–H and O–H groups in total. The normalized spacial score (nSPS) is 12.0. The standard InChI is InChI=1S/C13H13ClN2O3/c1-18-10-6-4-3-5-8(10)11(17)9-7-15-13(14)16-12(9)19-2/h3-7,11,17H,1-2H3. The number of benzene rings is 1. The molecule has 100 valence electrons. The molecule has 0 amide bonds. The molecule has 19 heavy (non-hydrogen) atoms. The molecule has 1 heterocycles. The fourth-order valence-corrected chi connectivity index (χ4v) is 1.89. The van der Waals surface area contributed by atoms with Crippen molar-refractivity contribution in [3.8, 4) is 11.6 Å². The molecule has 2 rings (SSSR count). The van der Waals surface area contributed by atoms with E-state index in [2.05, 4.69) is 9.97 Å². The molecule has 0 saturated carbocycles. The fraction of sp³-hybridized carbons (Fsp3) is 0.231. The van der Waals surface area contributed by atoms with Crippen LogP contribution in [0.2, 0.25) is 5.28 Å². The number of nitrogens with zero attached hydrogens (tertiary/aromatic N) is 2. The van der Waals surface area contributed by atoms with Crippen LogP contribution in [0.15, 0.2) is 30.5 Å². The molecule has 2 aromatic rings. The molecule has 0 radical (unpaired) electrons. The molecule has 1 aromatic carbocycles. The maximum Gasteiger partial charge on any atom is 0.225 e. The fourth-order valence-electron chi connectivity index (χ4n) is 1.77. The predicted molar refractivity (Wildman–Crippen MR) is 70.6 cm³/mol. The first-order valence-electron chi connectivity index (χ1n) is 5.54. The van der Waals surface area contributed by atoms with Gasteiger partial charge < -0.3 is 14.6 Å². The van der Waals surface area contributed by atoms with Gasteiger partial charge in [0, 0.05) is 11.8 Å². The van der Waals surface area contributed by atoms with E-state index in [4.69, 9.17) is 21.1 Å². The van der Waals surface area contributed by atoms with E-state index < -0.39 is 6.10 Å². The van der Waals surface area contributed by atoms with Gasteiger partial charge in [0.15, 0.2) is 0 Å². The van der Waals surface area contributed by atoms with Gasteiger partial charge in [0.05, 0.1) is 19.8 Å². The number of aliphatic hydroxyl groups excluding tert-OH is 1. The van der Waals surface area contributed by atoms with Crippen LogP contribution in [0.5, 0.6) is 11.6 Å². The number of ether oxygens (including phenoxy) is 2. The van der Waals surface area contributed by atoms with Crippen LogP contribution in [-0.2, 0) is 0 Å². The third kappa shape index (κ3) is 2.77. The van der Waals surface area contributed by atoms with Gasteiger partial charge in [0.2, 0.25) is 11.2 Å². The van der Waals surface area contributed by atoms with Crippen molar-refractivity contribution >= 4 is 11.6 Å². The number of aliphatic hydroxyl groups is 1. The van der Waals surface area contributed by atoms with Crippen LogP contribution in [0, 0.1) is 0 Å². The van der Waals surface area contributed by atoms with Crippen LogP contribution >= 0.6 is 11.6 Å².